The van der Waals surface area contributed by atoms with Crippen LogP contribution in [0.3, 0.4) is 0 Å². The van der Waals surface area contributed by atoms with Crippen LogP contribution in [-0.2, 0) is 6.42 Å². The van der Waals surface area contributed by atoms with Crippen LogP contribution in [0.15, 0.2) is 17.3 Å². The quantitative estimate of drug-likeness (QED) is 0.251. The molecule has 14 heavy (non-hydrogen) atoms. The van der Waals surface area contributed by atoms with Crippen molar-refractivity contribution in [3.8, 4) is 0 Å². The Hall–Kier alpha value is -1.72. The molecule has 6 heteroatoms. The lowest BCUT2D eigenvalue weighted by Gasteiger charge is -2.01. The number of halogens is 3. The molecule has 3 nitrogen and oxygen atoms in total. The Labute approximate surface area is 77.6 Å². The van der Waals surface area contributed by atoms with Gasteiger partial charge in [0.05, 0.1) is 0 Å². The number of nitrogens with zero attached hydrogens (tertiary/aromatic N) is 1. The molecular weight excluding hydrogens is 197 g/mol. The van der Waals surface area contributed by atoms with Crippen molar-refractivity contribution in [2.45, 2.75) is 6.42 Å². The second kappa shape index (κ2) is 3.99. The molecule has 1 rings (SSSR count). The maximum Gasteiger partial charge on any atom is 0.194 e. The Morgan fingerprint density at radius 1 is 1.29 bits per heavy atom. The average molecular weight is 204 g/mol. The van der Waals surface area contributed by atoms with Crippen molar-refractivity contribution in [2.24, 2.45) is 10.9 Å². The van der Waals surface area contributed by atoms with Gasteiger partial charge in [0.25, 0.3) is 0 Å². The molecule has 0 bridgehead atoms. The highest BCUT2D eigenvalue weighted by atomic mass is 19.2. The molecule has 0 heterocycles. The van der Waals surface area contributed by atoms with Gasteiger partial charge in [-0.2, -0.15) is 0 Å². The fourth-order valence-corrected chi connectivity index (χ4v) is 0.955. The van der Waals surface area contributed by atoms with E-state index in [2.05, 4.69) is 5.16 Å². The zero-order chi connectivity index (χ0) is 10.7. The van der Waals surface area contributed by atoms with Gasteiger partial charge in [-0.3, -0.25) is 0 Å². The Morgan fingerprint density at radius 3 is 2.21 bits per heavy atom. The Morgan fingerprint density at radius 2 is 1.79 bits per heavy atom. The van der Waals surface area contributed by atoms with E-state index >= 15 is 0 Å². The first-order valence-corrected chi connectivity index (χ1v) is 3.64. The highest BCUT2D eigenvalue weighted by Gasteiger charge is 2.10. The van der Waals surface area contributed by atoms with E-state index in [1.54, 1.807) is 0 Å². The van der Waals surface area contributed by atoms with Gasteiger partial charge in [0.2, 0.25) is 0 Å². The molecule has 0 aromatic heterocycles. The lowest BCUT2D eigenvalue weighted by atomic mass is 10.1. The third kappa shape index (κ3) is 2.15. The van der Waals surface area contributed by atoms with Crippen LogP contribution in [0.2, 0.25) is 0 Å². The molecule has 0 unspecified atom stereocenters. The molecule has 0 aliphatic carbocycles. The Balaban J connectivity index is 3.01. The molecule has 76 valence electrons. The van der Waals surface area contributed by atoms with Gasteiger partial charge in [0, 0.05) is 6.42 Å². The lowest BCUT2D eigenvalue weighted by molar-refractivity contribution is 0.317. The minimum absolute atomic E-state index is 0.0942. The third-order valence-electron chi connectivity index (χ3n) is 1.56. The number of amidine groups is 1. The van der Waals surface area contributed by atoms with E-state index in [1.165, 1.54) is 0 Å². The first-order chi connectivity index (χ1) is 6.54. The lowest BCUT2D eigenvalue weighted by Crippen LogP contribution is -2.15. The van der Waals surface area contributed by atoms with E-state index in [4.69, 9.17) is 10.9 Å². The zero-order valence-corrected chi connectivity index (χ0v) is 6.97. The summed E-state index contributed by atoms with van der Waals surface area (Å²) in [6.07, 6.45) is -0.148. The summed E-state index contributed by atoms with van der Waals surface area (Å²) >= 11 is 0. The normalized spacial score (nSPS) is 11.8. The van der Waals surface area contributed by atoms with E-state index in [1.807, 2.05) is 0 Å². The first kappa shape index (κ1) is 10.4. The summed E-state index contributed by atoms with van der Waals surface area (Å²) in [5, 5.41) is 10.8. The third-order valence-corrected chi connectivity index (χ3v) is 1.56. The minimum atomic E-state index is -1.53. The van der Waals surface area contributed by atoms with E-state index in [9.17, 15) is 13.2 Å². The van der Waals surface area contributed by atoms with Crippen LogP contribution in [0.5, 0.6) is 0 Å². The molecule has 1 aromatic carbocycles. The van der Waals surface area contributed by atoms with Crippen LogP contribution in [0, 0.1) is 17.5 Å². The summed E-state index contributed by atoms with van der Waals surface area (Å²) in [4.78, 5) is 0. The van der Waals surface area contributed by atoms with Gasteiger partial charge in [0.1, 0.15) is 5.84 Å². The Bertz CT molecular complexity index is 356. The van der Waals surface area contributed by atoms with Crippen molar-refractivity contribution < 1.29 is 18.4 Å². The summed E-state index contributed by atoms with van der Waals surface area (Å²) < 4.78 is 37.7. The van der Waals surface area contributed by atoms with Crippen LogP contribution >= 0.6 is 0 Å². The van der Waals surface area contributed by atoms with Gasteiger partial charge in [-0.15, -0.1) is 0 Å². The monoisotopic (exact) mass is 204 g/mol. The molecule has 0 saturated carbocycles. The average Bonchev–Trinajstić information content (AvgIpc) is 2.14. The van der Waals surface area contributed by atoms with E-state index in [0.29, 0.717) is 0 Å². The first-order valence-electron chi connectivity index (χ1n) is 3.64. The van der Waals surface area contributed by atoms with Crippen LogP contribution in [0.25, 0.3) is 0 Å². The molecule has 0 aliphatic heterocycles. The largest absolute Gasteiger partial charge is 0.409 e. The number of hydrogen-bond acceptors (Lipinski definition) is 2. The maximum atomic E-state index is 12.6. The standard InChI is InChI=1S/C8H7F3N2O/c9-5-1-4(3-7(12)13-14)2-6(10)8(5)11/h1-2,14H,3H2,(H2,12,13). The van der Waals surface area contributed by atoms with E-state index in [0.717, 1.165) is 12.1 Å². The molecule has 0 amide bonds. The van der Waals surface area contributed by atoms with Gasteiger partial charge < -0.3 is 10.9 Å². The van der Waals surface area contributed by atoms with Crippen LogP contribution in [0.4, 0.5) is 13.2 Å². The Kier molecular flexibility index (Phi) is 2.95. The van der Waals surface area contributed by atoms with E-state index < -0.39 is 17.5 Å². The summed E-state index contributed by atoms with van der Waals surface area (Å²) in [6, 6.07) is 1.58. The zero-order valence-electron chi connectivity index (χ0n) is 6.97. The predicted octanol–water partition coefficient (Wildman–Crippen LogP) is 1.39. The summed E-state index contributed by atoms with van der Waals surface area (Å²) in [5.41, 5.74) is 5.20. The van der Waals surface area contributed by atoms with Crippen molar-refractivity contribution in [3.05, 3.63) is 35.1 Å². The van der Waals surface area contributed by atoms with Crippen LogP contribution in [-0.4, -0.2) is 11.0 Å². The molecule has 0 saturated heterocycles. The second-order valence-corrected chi connectivity index (χ2v) is 2.64. The fraction of sp³-hybridized carbons (Fsp3) is 0.125. The number of benzene rings is 1. The van der Waals surface area contributed by atoms with Crippen molar-refractivity contribution in [1.29, 1.82) is 0 Å². The van der Waals surface area contributed by atoms with Crippen molar-refractivity contribution in [2.75, 3.05) is 0 Å². The molecule has 0 aliphatic rings. The predicted molar refractivity (Wildman–Crippen MR) is 43.4 cm³/mol. The van der Waals surface area contributed by atoms with E-state index in [-0.39, 0.29) is 17.8 Å². The van der Waals surface area contributed by atoms with Crippen LogP contribution < -0.4 is 5.73 Å². The molecule has 0 spiro atoms. The molecular formula is C8H7F3N2O. The topological polar surface area (TPSA) is 58.6 Å². The summed E-state index contributed by atoms with van der Waals surface area (Å²) in [7, 11) is 0. The number of oxime groups is 1. The molecule has 3 N–H and O–H groups in total. The fourth-order valence-electron chi connectivity index (χ4n) is 0.955. The smallest absolute Gasteiger partial charge is 0.194 e. The second-order valence-electron chi connectivity index (χ2n) is 2.64. The van der Waals surface area contributed by atoms with Crippen molar-refractivity contribution >= 4 is 5.84 Å². The highest BCUT2D eigenvalue weighted by molar-refractivity contribution is 5.81. The summed E-state index contributed by atoms with van der Waals surface area (Å²) in [5.74, 6) is -4.35. The summed E-state index contributed by atoms with van der Waals surface area (Å²) in [6.45, 7) is 0. The maximum absolute atomic E-state index is 12.6. The van der Waals surface area contributed by atoms with Gasteiger partial charge in [-0.1, -0.05) is 5.16 Å². The number of hydrogen-bond donors (Lipinski definition) is 2. The number of rotatable bonds is 2. The molecule has 0 atom stereocenters. The minimum Gasteiger partial charge on any atom is -0.409 e. The van der Waals surface area contributed by atoms with Gasteiger partial charge in [0.15, 0.2) is 17.5 Å². The van der Waals surface area contributed by atoms with Gasteiger partial charge in [-0.25, -0.2) is 13.2 Å². The number of nitrogens with two attached hydrogens (primary N) is 1. The van der Waals surface area contributed by atoms with Gasteiger partial charge >= 0.3 is 0 Å². The van der Waals surface area contributed by atoms with Crippen molar-refractivity contribution in [3.63, 3.8) is 0 Å². The van der Waals surface area contributed by atoms with Gasteiger partial charge in [-0.05, 0) is 17.7 Å². The molecule has 1 aromatic rings. The molecule has 0 radical (unpaired) electrons. The molecule has 0 fully saturated rings. The van der Waals surface area contributed by atoms with Crippen LogP contribution in [0.1, 0.15) is 5.56 Å². The van der Waals surface area contributed by atoms with Crippen molar-refractivity contribution in [1.82, 2.24) is 0 Å². The SMILES string of the molecule is N/C(Cc1cc(F)c(F)c(F)c1)=N\O. The highest BCUT2D eigenvalue weighted by Crippen LogP contribution is 2.13.